The molecule has 2 amide bonds. The van der Waals surface area contributed by atoms with Gasteiger partial charge in [-0.3, -0.25) is 9.59 Å². The van der Waals surface area contributed by atoms with Crippen molar-refractivity contribution in [1.82, 2.24) is 9.88 Å². The van der Waals surface area contributed by atoms with Crippen LogP contribution >= 0.6 is 22.0 Å². The van der Waals surface area contributed by atoms with E-state index in [1.165, 1.54) is 13.0 Å². The van der Waals surface area contributed by atoms with E-state index >= 15 is 0 Å². The van der Waals surface area contributed by atoms with Crippen LogP contribution in [0, 0.1) is 6.92 Å². The summed E-state index contributed by atoms with van der Waals surface area (Å²) in [6, 6.07) is 0.474. The van der Waals surface area contributed by atoms with Gasteiger partial charge in [-0.2, -0.15) is 13.2 Å². The average molecular weight is 482 g/mol. The molecule has 0 fully saturated rings. The molecule has 0 radical (unpaired) electrons. The van der Waals surface area contributed by atoms with Gasteiger partial charge in [0.05, 0.1) is 21.0 Å². The van der Waals surface area contributed by atoms with Gasteiger partial charge in [0.15, 0.2) is 5.13 Å². The number of nitrogens with zero attached hydrogens (tertiary/aromatic N) is 2. The first kappa shape index (κ1) is 22.5. The minimum absolute atomic E-state index is 0.113. The van der Waals surface area contributed by atoms with Gasteiger partial charge in [0.2, 0.25) is 5.91 Å². The molecule has 0 unspecified atom stereocenters. The van der Waals surface area contributed by atoms with Crippen LogP contribution in [0.15, 0.2) is 17.0 Å². The Labute approximate surface area is 178 Å². The highest BCUT2D eigenvalue weighted by Gasteiger charge is 2.46. The maximum absolute atomic E-state index is 13.2. The average Bonchev–Trinajstić information content (AvgIpc) is 3.11. The Bertz CT molecular complexity index is 1160. The van der Waals surface area contributed by atoms with Crippen LogP contribution in [0.1, 0.15) is 35.5 Å². The Hall–Kier alpha value is -2.18. The first-order valence-corrected chi connectivity index (χ1v) is 11.6. The van der Waals surface area contributed by atoms with Gasteiger partial charge >= 0.3 is 6.18 Å². The molecule has 3 rings (SSSR count). The molecule has 2 aromatic rings. The second kappa shape index (κ2) is 7.50. The molecule has 162 valence electrons. The van der Waals surface area contributed by atoms with Gasteiger partial charge in [0.1, 0.15) is 6.04 Å². The predicted octanol–water partition coefficient (Wildman–Crippen LogP) is 3.91. The smallest absolute Gasteiger partial charge is 0.322 e. The fourth-order valence-electron chi connectivity index (χ4n) is 3.12. The summed E-state index contributed by atoms with van der Waals surface area (Å²) in [6.07, 6.45) is -4.68. The zero-order valence-corrected chi connectivity index (χ0v) is 18.2. The largest absolute Gasteiger partial charge is 0.408 e. The molecular weight excluding hydrogens is 467 g/mol. The van der Waals surface area contributed by atoms with Crippen molar-refractivity contribution in [2.75, 3.05) is 5.32 Å². The second-order valence-electron chi connectivity index (χ2n) is 6.71. The van der Waals surface area contributed by atoms with Crippen LogP contribution in [0.4, 0.5) is 18.3 Å². The quantitative estimate of drug-likeness (QED) is 0.668. The Balaban J connectivity index is 2.16. The molecule has 1 aromatic carbocycles. The molecule has 0 saturated heterocycles. The molecule has 7 nitrogen and oxygen atoms in total. The van der Waals surface area contributed by atoms with E-state index in [2.05, 4.69) is 10.3 Å². The SMILES string of the molecule is CC(=O)Nc1nc(C)c(-c2cc3c(c(S(=O)(=O)Cl)c2)C(=O)N([C@@H](C)C(F)(F)F)C3)s1. The summed E-state index contributed by atoms with van der Waals surface area (Å²) >= 11 is 1.06. The number of carbonyl (C=O) groups excluding carboxylic acids is 2. The lowest BCUT2D eigenvalue weighted by Crippen LogP contribution is -2.43. The van der Waals surface area contributed by atoms with E-state index in [9.17, 15) is 31.2 Å². The molecule has 0 aliphatic carbocycles. The molecule has 0 bridgehead atoms. The summed E-state index contributed by atoms with van der Waals surface area (Å²) in [6.45, 7) is 3.33. The molecule has 1 aliphatic rings. The van der Waals surface area contributed by atoms with Gasteiger partial charge in [-0.25, -0.2) is 13.4 Å². The lowest BCUT2D eigenvalue weighted by molar-refractivity contribution is -0.172. The number of hydrogen-bond acceptors (Lipinski definition) is 6. The molecule has 30 heavy (non-hydrogen) atoms. The van der Waals surface area contributed by atoms with Crippen LogP contribution in [0.25, 0.3) is 10.4 Å². The van der Waals surface area contributed by atoms with Gasteiger partial charge < -0.3 is 10.2 Å². The third-order valence-corrected chi connectivity index (χ3v) is 7.01. The fourth-order valence-corrected chi connectivity index (χ4v) is 5.22. The van der Waals surface area contributed by atoms with E-state index in [4.69, 9.17) is 10.7 Å². The molecule has 13 heteroatoms. The maximum atomic E-state index is 13.2. The Morgan fingerprint density at radius 1 is 1.37 bits per heavy atom. The first-order valence-electron chi connectivity index (χ1n) is 8.44. The van der Waals surface area contributed by atoms with Gasteiger partial charge in [0, 0.05) is 24.2 Å². The van der Waals surface area contributed by atoms with Crippen LogP contribution in [0.5, 0.6) is 0 Å². The number of aromatic nitrogens is 1. The van der Waals surface area contributed by atoms with E-state index in [0.29, 0.717) is 21.0 Å². The van der Waals surface area contributed by atoms with E-state index < -0.39 is 38.6 Å². The van der Waals surface area contributed by atoms with Gasteiger partial charge in [-0.1, -0.05) is 11.3 Å². The van der Waals surface area contributed by atoms with Crippen molar-refractivity contribution in [1.29, 1.82) is 0 Å². The molecule has 2 heterocycles. The van der Waals surface area contributed by atoms with Crippen LogP contribution in [0.2, 0.25) is 0 Å². The number of anilines is 1. The number of benzene rings is 1. The van der Waals surface area contributed by atoms with Crippen molar-refractivity contribution in [2.45, 2.75) is 44.4 Å². The maximum Gasteiger partial charge on any atom is 0.408 e. The summed E-state index contributed by atoms with van der Waals surface area (Å²) in [5, 5.41) is 2.79. The standard InChI is InChI=1S/C17H15ClF3N3O4S2/c1-7-14(29-16(22-7)23-9(3)25)10-4-11-6-24(8(2)17(19,20)21)15(26)13(11)12(5-10)30(18,27)28/h4-5,8H,6H2,1-3H3,(H,22,23,25)/t8-/m0/s1. The van der Waals surface area contributed by atoms with E-state index in [0.717, 1.165) is 24.3 Å². The van der Waals surface area contributed by atoms with Crippen molar-refractivity contribution < 1.29 is 31.2 Å². The molecule has 0 spiro atoms. The lowest BCUT2D eigenvalue weighted by Gasteiger charge is -2.26. The predicted molar refractivity (Wildman–Crippen MR) is 105 cm³/mol. The zero-order valence-electron chi connectivity index (χ0n) is 15.8. The molecule has 1 aromatic heterocycles. The topological polar surface area (TPSA) is 96.4 Å². The van der Waals surface area contributed by atoms with E-state index in [-0.39, 0.29) is 22.2 Å². The van der Waals surface area contributed by atoms with Crippen molar-refractivity contribution in [3.8, 4) is 10.4 Å². The van der Waals surface area contributed by atoms with Crippen LogP contribution in [-0.2, 0) is 20.4 Å². The van der Waals surface area contributed by atoms with E-state index in [1.54, 1.807) is 6.92 Å². The van der Waals surface area contributed by atoms with Crippen LogP contribution < -0.4 is 5.32 Å². The van der Waals surface area contributed by atoms with Crippen molar-refractivity contribution >= 4 is 48.0 Å². The van der Waals surface area contributed by atoms with Crippen molar-refractivity contribution in [3.05, 3.63) is 29.0 Å². The molecule has 1 atom stereocenters. The minimum atomic E-state index is -4.68. The van der Waals surface area contributed by atoms with Crippen molar-refractivity contribution in [2.24, 2.45) is 0 Å². The number of alkyl halides is 3. The number of hydrogen-bond donors (Lipinski definition) is 1. The number of halogens is 4. The third kappa shape index (κ3) is 4.16. The summed E-state index contributed by atoms with van der Waals surface area (Å²) in [4.78, 5) is 28.5. The normalized spacial score (nSPS) is 15.3. The Kier molecular flexibility index (Phi) is 5.63. The Morgan fingerprint density at radius 3 is 2.53 bits per heavy atom. The number of fused-ring (bicyclic) bond motifs is 1. The monoisotopic (exact) mass is 481 g/mol. The number of thiazole rings is 1. The van der Waals surface area contributed by atoms with Crippen molar-refractivity contribution in [3.63, 3.8) is 0 Å². The van der Waals surface area contributed by atoms with Gasteiger partial charge in [0.25, 0.3) is 15.0 Å². The number of nitrogens with one attached hydrogen (secondary N) is 1. The van der Waals surface area contributed by atoms with E-state index in [1.807, 2.05) is 0 Å². The summed E-state index contributed by atoms with van der Waals surface area (Å²) in [5.41, 5.74) is 0.524. The summed E-state index contributed by atoms with van der Waals surface area (Å²) < 4.78 is 63.7. The number of carbonyl (C=O) groups is 2. The summed E-state index contributed by atoms with van der Waals surface area (Å²) in [5.74, 6) is -1.41. The van der Waals surface area contributed by atoms with Gasteiger partial charge in [-0.05, 0) is 37.1 Å². The van der Waals surface area contributed by atoms with Crippen LogP contribution in [-0.4, -0.2) is 42.3 Å². The molecule has 1 aliphatic heterocycles. The minimum Gasteiger partial charge on any atom is -0.322 e. The third-order valence-electron chi connectivity index (χ3n) is 4.54. The summed E-state index contributed by atoms with van der Waals surface area (Å²) in [7, 11) is 1.06. The number of aryl methyl sites for hydroxylation is 1. The lowest BCUT2D eigenvalue weighted by atomic mass is 10.0. The molecular formula is C17H15ClF3N3O4S2. The first-order chi connectivity index (χ1) is 13.7. The zero-order chi connectivity index (χ0) is 22.6. The van der Waals surface area contributed by atoms with Gasteiger partial charge in [-0.15, -0.1) is 0 Å². The molecule has 0 saturated carbocycles. The second-order valence-corrected chi connectivity index (χ2v) is 10.2. The number of amides is 2. The fraction of sp³-hybridized carbons (Fsp3) is 0.353. The number of rotatable bonds is 4. The van der Waals surface area contributed by atoms with Crippen LogP contribution in [0.3, 0.4) is 0 Å². The highest BCUT2D eigenvalue weighted by Crippen LogP contribution is 2.41. The highest BCUT2D eigenvalue weighted by molar-refractivity contribution is 8.13. The molecule has 1 N–H and O–H groups in total. The highest BCUT2D eigenvalue weighted by atomic mass is 35.7. The Morgan fingerprint density at radius 2 is 2.00 bits per heavy atom.